The van der Waals surface area contributed by atoms with E-state index in [9.17, 15) is 4.79 Å². The Labute approximate surface area is 92.1 Å². The monoisotopic (exact) mass is 214 g/mol. The molecule has 1 fully saturated rings. The molecular weight excluding hydrogens is 192 g/mol. The van der Waals surface area contributed by atoms with Gasteiger partial charge in [-0.05, 0) is 38.0 Å². The molecule has 1 aliphatic rings. The minimum Gasteiger partial charge on any atom is -0.469 e. The van der Waals surface area contributed by atoms with Crippen molar-refractivity contribution in [1.82, 2.24) is 0 Å². The van der Waals surface area contributed by atoms with Crippen LogP contribution in [0.2, 0.25) is 0 Å². The number of ether oxygens (including phenoxy) is 2. The number of methoxy groups -OCH3 is 1. The number of carbonyl (C=O) groups excluding carboxylic acids is 1. The highest BCUT2D eigenvalue weighted by Crippen LogP contribution is 2.25. The lowest BCUT2D eigenvalue weighted by Crippen LogP contribution is -2.21. The summed E-state index contributed by atoms with van der Waals surface area (Å²) in [6, 6.07) is 0. The van der Waals surface area contributed by atoms with Gasteiger partial charge in [0.1, 0.15) is 0 Å². The molecule has 0 atom stereocenters. The van der Waals surface area contributed by atoms with Crippen LogP contribution < -0.4 is 0 Å². The van der Waals surface area contributed by atoms with Crippen molar-refractivity contribution in [2.45, 2.75) is 51.6 Å². The molecule has 1 rings (SSSR count). The van der Waals surface area contributed by atoms with E-state index in [1.165, 1.54) is 32.8 Å². The highest BCUT2D eigenvalue weighted by molar-refractivity contribution is 5.68. The molecule has 0 spiro atoms. The Morgan fingerprint density at radius 2 is 1.93 bits per heavy atom. The van der Waals surface area contributed by atoms with E-state index in [1.54, 1.807) is 0 Å². The fourth-order valence-electron chi connectivity index (χ4n) is 1.96. The van der Waals surface area contributed by atoms with E-state index >= 15 is 0 Å². The van der Waals surface area contributed by atoms with Gasteiger partial charge >= 0.3 is 5.97 Å². The van der Waals surface area contributed by atoms with Crippen molar-refractivity contribution in [3.8, 4) is 0 Å². The Hall–Kier alpha value is -0.570. The van der Waals surface area contributed by atoms with Gasteiger partial charge < -0.3 is 9.47 Å². The second-order valence-corrected chi connectivity index (χ2v) is 4.43. The number of carbonyl (C=O) groups is 1. The molecule has 88 valence electrons. The molecule has 0 aromatic rings. The van der Waals surface area contributed by atoms with Crippen LogP contribution in [0.5, 0.6) is 0 Å². The summed E-state index contributed by atoms with van der Waals surface area (Å²) in [4.78, 5) is 10.8. The van der Waals surface area contributed by atoms with Crippen LogP contribution in [0, 0.1) is 5.92 Å². The lowest BCUT2D eigenvalue weighted by molar-refractivity contribution is -0.141. The first-order valence-electron chi connectivity index (χ1n) is 5.90. The van der Waals surface area contributed by atoms with Gasteiger partial charge in [-0.1, -0.05) is 6.92 Å². The van der Waals surface area contributed by atoms with Gasteiger partial charge in [0.15, 0.2) is 0 Å². The summed E-state index contributed by atoms with van der Waals surface area (Å²) in [7, 11) is 1.42. The van der Waals surface area contributed by atoms with Gasteiger partial charge in [0.2, 0.25) is 0 Å². The Balaban J connectivity index is 1.98. The van der Waals surface area contributed by atoms with Crippen molar-refractivity contribution < 1.29 is 14.3 Å². The summed E-state index contributed by atoms with van der Waals surface area (Å²) >= 11 is 0. The fourth-order valence-corrected chi connectivity index (χ4v) is 1.96. The highest BCUT2D eigenvalue weighted by Gasteiger charge is 2.18. The molecule has 0 amide bonds. The summed E-state index contributed by atoms with van der Waals surface area (Å²) in [6.45, 7) is 2.99. The van der Waals surface area contributed by atoms with Crippen LogP contribution in [0.1, 0.15) is 45.4 Å². The summed E-state index contributed by atoms with van der Waals surface area (Å²) < 4.78 is 10.3. The van der Waals surface area contributed by atoms with Crippen LogP contribution in [0.15, 0.2) is 0 Å². The van der Waals surface area contributed by atoms with Gasteiger partial charge in [-0.2, -0.15) is 0 Å². The summed E-state index contributed by atoms with van der Waals surface area (Å²) in [5.74, 6) is 0.718. The number of rotatable bonds is 5. The zero-order valence-corrected chi connectivity index (χ0v) is 9.83. The van der Waals surface area contributed by atoms with Crippen LogP contribution >= 0.6 is 0 Å². The summed E-state index contributed by atoms with van der Waals surface area (Å²) in [5, 5.41) is 0. The van der Waals surface area contributed by atoms with E-state index in [0.29, 0.717) is 19.1 Å². The molecule has 0 unspecified atom stereocenters. The SMILES string of the molecule is COC(=O)CCCOC1CCC(C)CC1. The molecule has 1 aliphatic carbocycles. The first-order valence-corrected chi connectivity index (χ1v) is 5.90. The minimum absolute atomic E-state index is 0.143. The third-order valence-corrected chi connectivity index (χ3v) is 3.07. The van der Waals surface area contributed by atoms with E-state index in [0.717, 1.165) is 12.3 Å². The lowest BCUT2D eigenvalue weighted by atomic mass is 9.89. The molecule has 0 N–H and O–H groups in total. The van der Waals surface area contributed by atoms with Crippen LogP contribution in [-0.4, -0.2) is 25.8 Å². The minimum atomic E-state index is -0.143. The van der Waals surface area contributed by atoms with Crippen LogP contribution in [0.25, 0.3) is 0 Å². The third kappa shape index (κ3) is 5.17. The van der Waals surface area contributed by atoms with Crippen LogP contribution in [0.3, 0.4) is 0 Å². The van der Waals surface area contributed by atoms with Crippen molar-refractivity contribution in [3.63, 3.8) is 0 Å². The Morgan fingerprint density at radius 3 is 2.53 bits per heavy atom. The molecule has 1 saturated carbocycles. The van der Waals surface area contributed by atoms with E-state index in [2.05, 4.69) is 11.7 Å². The van der Waals surface area contributed by atoms with E-state index in [-0.39, 0.29) is 5.97 Å². The number of hydrogen-bond donors (Lipinski definition) is 0. The maximum absolute atomic E-state index is 10.8. The van der Waals surface area contributed by atoms with E-state index in [4.69, 9.17) is 4.74 Å². The Kier molecular flexibility index (Phi) is 5.69. The molecule has 0 radical (unpaired) electrons. The third-order valence-electron chi connectivity index (χ3n) is 3.07. The van der Waals surface area contributed by atoms with Crippen molar-refractivity contribution in [2.75, 3.05) is 13.7 Å². The molecule has 0 aliphatic heterocycles. The molecule has 0 aromatic carbocycles. The molecule has 3 nitrogen and oxygen atoms in total. The smallest absolute Gasteiger partial charge is 0.305 e. The highest BCUT2D eigenvalue weighted by atomic mass is 16.5. The predicted octanol–water partition coefficient (Wildman–Crippen LogP) is 2.53. The normalized spacial score (nSPS) is 26.3. The topological polar surface area (TPSA) is 35.5 Å². The number of esters is 1. The molecule has 0 bridgehead atoms. The van der Waals surface area contributed by atoms with Crippen molar-refractivity contribution in [1.29, 1.82) is 0 Å². The summed E-state index contributed by atoms with van der Waals surface area (Å²) in [5.41, 5.74) is 0. The van der Waals surface area contributed by atoms with Crippen LogP contribution in [-0.2, 0) is 14.3 Å². The largest absolute Gasteiger partial charge is 0.469 e. The molecule has 3 heteroatoms. The van der Waals surface area contributed by atoms with Crippen molar-refractivity contribution >= 4 is 5.97 Å². The Morgan fingerprint density at radius 1 is 1.27 bits per heavy atom. The average molecular weight is 214 g/mol. The molecule has 0 heterocycles. The predicted molar refractivity (Wildman–Crippen MR) is 58.6 cm³/mol. The maximum Gasteiger partial charge on any atom is 0.305 e. The molecule has 15 heavy (non-hydrogen) atoms. The molecular formula is C12H22O3. The second kappa shape index (κ2) is 6.83. The first-order chi connectivity index (χ1) is 7.22. The zero-order chi connectivity index (χ0) is 11.1. The van der Waals surface area contributed by atoms with Gasteiger partial charge in [0, 0.05) is 13.0 Å². The quantitative estimate of drug-likeness (QED) is 0.521. The van der Waals surface area contributed by atoms with Gasteiger partial charge in [0.25, 0.3) is 0 Å². The van der Waals surface area contributed by atoms with E-state index in [1.807, 2.05) is 0 Å². The van der Waals surface area contributed by atoms with Gasteiger partial charge in [-0.25, -0.2) is 0 Å². The van der Waals surface area contributed by atoms with Gasteiger partial charge in [-0.3, -0.25) is 4.79 Å². The maximum atomic E-state index is 10.8. The Bertz CT molecular complexity index is 183. The van der Waals surface area contributed by atoms with Crippen LogP contribution in [0.4, 0.5) is 0 Å². The van der Waals surface area contributed by atoms with Gasteiger partial charge in [-0.15, -0.1) is 0 Å². The lowest BCUT2D eigenvalue weighted by Gasteiger charge is -2.26. The standard InChI is InChI=1S/C12H22O3/c1-10-5-7-11(8-6-10)15-9-3-4-12(13)14-2/h10-11H,3-9H2,1-2H3. The van der Waals surface area contributed by atoms with Crippen molar-refractivity contribution in [3.05, 3.63) is 0 Å². The average Bonchev–Trinajstić information content (AvgIpc) is 2.26. The summed E-state index contributed by atoms with van der Waals surface area (Å²) in [6.07, 6.45) is 6.60. The number of hydrogen-bond acceptors (Lipinski definition) is 3. The van der Waals surface area contributed by atoms with Crippen molar-refractivity contribution in [2.24, 2.45) is 5.92 Å². The van der Waals surface area contributed by atoms with Gasteiger partial charge in [0.05, 0.1) is 13.2 Å². The molecule has 0 saturated heterocycles. The first kappa shape index (κ1) is 12.5. The fraction of sp³-hybridized carbons (Fsp3) is 0.917. The zero-order valence-electron chi connectivity index (χ0n) is 9.83. The van der Waals surface area contributed by atoms with E-state index < -0.39 is 0 Å². The molecule has 0 aromatic heterocycles. The second-order valence-electron chi connectivity index (χ2n) is 4.43.